The van der Waals surface area contributed by atoms with Crippen LogP contribution in [0.4, 0.5) is 4.39 Å². The van der Waals surface area contributed by atoms with Crippen LogP contribution in [0.5, 0.6) is 0 Å². The lowest BCUT2D eigenvalue weighted by Gasteiger charge is -2.09. The molecule has 0 spiro atoms. The Morgan fingerprint density at radius 3 is 2.52 bits per heavy atom. The molecule has 0 atom stereocenters. The van der Waals surface area contributed by atoms with Gasteiger partial charge in [0.05, 0.1) is 0 Å². The molecule has 3 heterocycles. The molecule has 4 aromatic rings. The van der Waals surface area contributed by atoms with Crippen molar-refractivity contribution in [2.75, 3.05) is 0 Å². The molecule has 0 saturated heterocycles. The third-order valence-electron chi connectivity index (χ3n) is 4.59. The van der Waals surface area contributed by atoms with E-state index in [1.165, 1.54) is 23.0 Å². The van der Waals surface area contributed by atoms with E-state index in [0.29, 0.717) is 5.56 Å². The number of aromatic nitrogens is 5. The molecule has 0 saturated carbocycles. The molecule has 0 aliphatic heterocycles. The van der Waals surface area contributed by atoms with Crippen LogP contribution in [0.2, 0.25) is 0 Å². The van der Waals surface area contributed by atoms with E-state index in [4.69, 9.17) is 0 Å². The smallest absolute Gasteiger partial charge is 0.270 e. The van der Waals surface area contributed by atoms with Gasteiger partial charge in [0, 0.05) is 31.5 Å². The van der Waals surface area contributed by atoms with Gasteiger partial charge < -0.3 is 10.6 Å². The molecule has 0 aliphatic carbocycles. The quantitative estimate of drug-likeness (QED) is 0.493. The summed E-state index contributed by atoms with van der Waals surface area (Å²) in [5.74, 6) is -1.11. The SMILES string of the molecule is Cc1cc(CNC(=O)c2cc(C(=O)NCc3ccncc3)n3ncnc3n2)ccc1F. The molecule has 0 unspecified atom stereocenters. The molecular weight excluding hydrogens is 401 g/mol. The third-order valence-corrected chi connectivity index (χ3v) is 4.59. The second kappa shape index (κ2) is 8.66. The number of amides is 2. The Labute approximate surface area is 176 Å². The zero-order valence-electron chi connectivity index (χ0n) is 16.5. The van der Waals surface area contributed by atoms with Gasteiger partial charge in [0.15, 0.2) is 0 Å². The molecule has 4 rings (SSSR count). The lowest BCUT2D eigenvalue weighted by molar-refractivity contribution is 0.0942. The molecule has 2 N–H and O–H groups in total. The van der Waals surface area contributed by atoms with Crippen LogP contribution in [0.25, 0.3) is 5.78 Å². The van der Waals surface area contributed by atoms with Gasteiger partial charge >= 0.3 is 0 Å². The summed E-state index contributed by atoms with van der Waals surface area (Å²) in [5, 5.41) is 9.52. The Balaban J connectivity index is 1.52. The average molecular weight is 419 g/mol. The van der Waals surface area contributed by atoms with Gasteiger partial charge in [-0.15, -0.1) is 0 Å². The fourth-order valence-corrected chi connectivity index (χ4v) is 2.95. The summed E-state index contributed by atoms with van der Waals surface area (Å²) in [6.07, 6.45) is 4.52. The monoisotopic (exact) mass is 419 g/mol. The van der Waals surface area contributed by atoms with E-state index in [0.717, 1.165) is 11.1 Å². The Kier molecular flexibility index (Phi) is 5.61. The summed E-state index contributed by atoms with van der Waals surface area (Å²) < 4.78 is 14.7. The van der Waals surface area contributed by atoms with Crippen LogP contribution >= 0.6 is 0 Å². The van der Waals surface area contributed by atoms with Crippen LogP contribution in [0, 0.1) is 12.7 Å². The highest BCUT2D eigenvalue weighted by molar-refractivity contribution is 5.98. The van der Waals surface area contributed by atoms with Crippen LogP contribution in [0.3, 0.4) is 0 Å². The van der Waals surface area contributed by atoms with Gasteiger partial charge in [0.25, 0.3) is 17.6 Å². The molecule has 31 heavy (non-hydrogen) atoms. The first-order valence-electron chi connectivity index (χ1n) is 9.42. The van der Waals surface area contributed by atoms with Gasteiger partial charge in [0.2, 0.25) is 0 Å². The van der Waals surface area contributed by atoms with Crippen molar-refractivity contribution in [3.63, 3.8) is 0 Å². The average Bonchev–Trinajstić information content (AvgIpc) is 3.27. The number of halogens is 1. The van der Waals surface area contributed by atoms with E-state index in [1.54, 1.807) is 43.6 Å². The number of carbonyl (C=O) groups is 2. The zero-order chi connectivity index (χ0) is 21.8. The van der Waals surface area contributed by atoms with Crippen molar-refractivity contribution in [2.24, 2.45) is 0 Å². The second-order valence-electron chi connectivity index (χ2n) is 6.80. The van der Waals surface area contributed by atoms with E-state index in [2.05, 4.69) is 30.7 Å². The maximum Gasteiger partial charge on any atom is 0.270 e. The van der Waals surface area contributed by atoms with Crippen molar-refractivity contribution < 1.29 is 14.0 Å². The van der Waals surface area contributed by atoms with E-state index in [-0.39, 0.29) is 36.1 Å². The van der Waals surface area contributed by atoms with Gasteiger partial charge in [-0.05, 0) is 41.8 Å². The first kappa shape index (κ1) is 20.1. The number of benzene rings is 1. The van der Waals surface area contributed by atoms with Crippen LogP contribution < -0.4 is 10.6 Å². The number of fused-ring (bicyclic) bond motifs is 1. The van der Waals surface area contributed by atoms with Crippen LogP contribution in [0.1, 0.15) is 37.7 Å². The maximum absolute atomic E-state index is 13.4. The number of pyridine rings is 1. The van der Waals surface area contributed by atoms with Gasteiger partial charge in [-0.3, -0.25) is 14.6 Å². The van der Waals surface area contributed by atoms with Crippen molar-refractivity contribution in [2.45, 2.75) is 20.0 Å². The molecule has 2 amide bonds. The summed E-state index contributed by atoms with van der Waals surface area (Å²) >= 11 is 0. The third kappa shape index (κ3) is 4.53. The molecule has 3 aromatic heterocycles. The van der Waals surface area contributed by atoms with Crippen molar-refractivity contribution in [3.8, 4) is 0 Å². The number of hydrogen-bond donors (Lipinski definition) is 2. The first-order chi connectivity index (χ1) is 15.0. The molecule has 0 bridgehead atoms. The maximum atomic E-state index is 13.4. The molecule has 0 fully saturated rings. The zero-order valence-corrected chi connectivity index (χ0v) is 16.5. The first-order valence-corrected chi connectivity index (χ1v) is 9.42. The highest BCUT2D eigenvalue weighted by atomic mass is 19.1. The van der Waals surface area contributed by atoms with Crippen molar-refractivity contribution in [3.05, 3.63) is 89.0 Å². The Bertz CT molecular complexity index is 1260. The fourth-order valence-electron chi connectivity index (χ4n) is 2.95. The van der Waals surface area contributed by atoms with E-state index < -0.39 is 11.8 Å². The topological polar surface area (TPSA) is 114 Å². The summed E-state index contributed by atoms with van der Waals surface area (Å²) in [5.41, 5.74) is 2.25. The number of nitrogens with zero attached hydrogens (tertiary/aromatic N) is 5. The van der Waals surface area contributed by atoms with Gasteiger partial charge in [-0.2, -0.15) is 14.6 Å². The molecule has 156 valence electrons. The summed E-state index contributed by atoms with van der Waals surface area (Å²) in [4.78, 5) is 37.5. The molecule has 0 aliphatic rings. The number of nitrogens with one attached hydrogen (secondary N) is 2. The standard InChI is InChI=1S/C21H18FN7O2/c1-13-8-15(2-3-16(13)22)11-24-19(30)17-9-18(29-21(28-17)26-12-27-29)20(31)25-10-14-4-6-23-7-5-14/h2-9,12H,10-11H2,1H3,(H,24,30)(H,25,31). The van der Waals surface area contributed by atoms with Crippen molar-refractivity contribution >= 4 is 17.6 Å². The predicted octanol–water partition coefficient (Wildman–Crippen LogP) is 1.83. The molecule has 0 radical (unpaired) electrons. The van der Waals surface area contributed by atoms with Crippen LogP contribution in [-0.4, -0.2) is 36.4 Å². The normalized spacial score (nSPS) is 10.8. The van der Waals surface area contributed by atoms with Crippen LogP contribution in [0.15, 0.2) is 55.1 Å². The largest absolute Gasteiger partial charge is 0.347 e. The molecular formula is C21H18FN7O2. The van der Waals surface area contributed by atoms with Gasteiger partial charge in [-0.25, -0.2) is 9.37 Å². The number of hydrogen-bond acceptors (Lipinski definition) is 6. The van der Waals surface area contributed by atoms with Crippen LogP contribution in [-0.2, 0) is 13.1 Å². The summed E-state index contributed by atoms with van der Waals surface area (Å²) in [6.45, 7) is 2.12. The van der Waals surface area contributed by atoms with Gasteiger partial charge in [0.1, 0.15) is 23.5 Å². The van der Waals surface area contributed by atoms with E-state index in [1.807, 2.05) is 0 Å². The lowest BCUT2D eigenvalue weighted by Crippen LogP contribution is -2.28. The minimum atomic E-state index is -0.490. The summed E-state index contributed by atoms with van der Waals surface area (Å²) in [7, 11) is 0. The molecule has 9 nitrogen and oxygen atoms in total. The Morgan fingerprint density at radius 2 is 1.74 bits per heavy atom. The Hall–Kier alpha value is -4.21. The van der Waals surface area contributed by atoms with E-state index in [9.17, 15) is 14.0 Å². The van der Waals surface area contributed by atoms with Crippen molar-refractivity contribution in [1.82, 2.24) is 35.2 Å². The second-order valence-corrected chi connectivity index (χ2v) is 6.80. The predicted molar refractivity (Wildman–Crippen MR) is 108 cm³/mol. The minimum Gasteiger partial charge on any atom is -0.347 e. The number of rotatable bonds is 6. The number of carbonyl (C=O) groups excluding carboxylic acids is 2. The van der Waals surface area contributed by atoms with Gasteiger partial charge in [-0.1, -0.05) is 12.1 Å². The van der Waals surface area contributed by atoms with E-state index >= 15 is 0 Å². The number of aryl methyl sites for hydroxylation is 1. The highest BCUT2D eigenvalue weighted by Crippen LogP contribution is 2.10. The molecule has 10 heteroatoms. The molecule has 1 aromatic carbocycles. The fraction of sp³-hybridized carbons (Fsp3) is 0.143. The summed E-state index contributed by atoms with van der Waals surface area (Å²) in [6, 6.07) is 9.53. The highest BCUT2D eigenvalue weighted by Gasteiger charge is 2.18. The minimum absolute atomic E-state index is 0.0217. The lowest BCUT2D eigenvalue weighted by atomic mass is 10.1. The van der Waals surface area contributed by atoms with Crippen molar-refractivity contribution in [1.29, 1.82) is 0 Å². The Morgan fingerprint density at radius 1 is 1.00 bits per heavy atom.